The molecule has 32 heavy (non-hydrogen) atoms. The Morgan fingerprint density at radius 1 is 0.781 bits per heavy atom. The zero-order valence-corrected chi connectivity index (χ0v) is 21.4. The summed E-state index contributed by atoms with van der Waals surface area (Å²) in [6.07, 6.45) is 2.70. The van der Waals surface area contributed by atoms with Crippen molar-refractivity contribution in [1.82, 2.24) is 0 Å². The lowest BCUT2D eigenvalue weighted by molar-refractivity contribution is -0.109. The summed E-state index contributed by atoms with van der Waals surface area (Å²) in [4.78, 5) is 13.1. The van der Waals surface area contributed by atoms with E-state index >= 15 is 0 Å². The number of rotatable bonds is 10. The minimum absolute atomic E-state index is 0.0392. The number of thioether (sulfide) groups is 1. The van der Waals surface area contributed by atoms with Crippen molar-refractivity contribution in [3.05, 3.63) is 91.0 Å². The summed E-state index contributed by atoms with van der Waals surface area (Å²) in [6.45, 7) is 9.53. The van der Waals surface area contributed by atoms with Crippen molar-refractivity contribution >= 4 is 36.7 Å². The molecule has 3 rings (SSSR count). The van der Waals surface area contributed by atoms with E-state index in [4.69, 9.17) is 4.43 Å². The Balaban J connectivity index is 1.81. The van der Waals surface area contributed by atoms with Crippen LogP contribution in [0.15, 0.2) is 95.9 Å². The van der Waals surface area contributed by atoms with Crippen LogP contribution in [0.5, 0.6) is 0 Å². The number of hydrogen-bond acceptors (Lipinski definition) is 3. The van der Waals surface area contributed by atoms with E-state index in [1.807, 2.05) is 25.1 Å². The monoisotopic (exact) mass is 462 g/mol. The highest BCUT2D eigenvalue weighted by Gasteiger charge is 2.50. The fourth-order valence-electron chi connectivity index (χ4n) is 4.30. The first-order valence-electron chi connectivity index (χ1n) is 11.3. The first-order valence-corrected chi connectivity index (χ1v) is 14.0. The third kappa shape index (κ3) is 5.61. The van der Waals surface area contributed by atoms with Crippen molar-refractivity contribution in [3.8, 4) is 0 Å². The molecular formula is C28H34O2SSi. The Hall–Kier alpha value is -2.14. The molecule has 0 N–H and O–H groups in total. The quantitative estimate of drug-likeness (QED) is 0.158. The molecule has 168 valence electrons. The summed E-state index contributed by atoms with van der Waals surface area (Å²) in [6, 6.07) is 31.6. The predicted molar refractivity (Wildman–Crippen MR) is 140 cm³/mol. The molecule has 0 spiro atoms. The van der Waals surface area contributed by atoms with Crippen LogP contribution in [0.3, 0.4) is 0 Å². The third-order valence-electron chi connectivity index (χ3n) is 5.90. The lowest BCUT2D eigenvalue weighted by Gasteiger charge is -2.43. The van der Waals surface area contributed by atoms with Gasteiger partial charge in [-0.25, -0.2) is 0 Å². The first kappa shape index (κ1) is 24.5. The summed E-state index contributed by atoms with van der Waals surface area (Å²) < 4.78 is 6.51. The third-order valence-corrected chi connectivity index (χ3v) is 12.2. The van der Waals surface area contributed by atoms with Gasteiger partial charge in [-0.05, 0) is 47.3 Å². The molecule has 0 aliphatic rings. The van der Waals surface area contributed by atoms with Crippen molar-refractivity contribution < 1.29 is 9.22 Å². The summed E-state index contributed by atoms with van der Waals surface area (Å²) in [5, 5.41) is 2.54. The second-order valence-electron chi connectivity index (χ2n) is 9.46. The molecule has 2 nitrogen and oxygen atoms in total. The number of benzene rings is 3. The molecule has 3 aromatic carbocycles. The maximum atomic E-state index is 12.0. The Morgan fingerprint density at radius 3 is 1.69 bits per heavy atom. The van der Waals surface area contributed by atoms with Crippen LogP contribution >= 0.6 is 11.8 Å². The van der Waals surface area contributed by atoms with E-state index in [2.05, 4.69) is 93.6 Å². The van der Waals surface area contributed by atoms with E-state index in [1.54, 1.807) is 11.8 Å². The Bertz CT molecular complexity index is 931. The summed E-state index contributed by atoms with van der Waals surface area (Å²) >= 11 is 1.63. The minimum Gasteiger partial charge on any atom is -0.407 e. The summed E-state index contributed by atoms with van der Waals surface area (Å²) in [5.41, 5.74) is 0. The van der Waals surface area contributed by atoms with E-state index in [9.17, 15) is 4.79 Å². The molecule has 0 fully saturated rings. The van der Waals surface area contributed by atoms with Gasteiger partial charge in [0.15, 0.2) is 0 Å². The molecule has 0 saturated carbocycles. The van der Waals surface area contributed by atoms with Crippen LogP contribution in [-0.4, -0.2) is 26.0 Å². The fraction of sp³-hybridized carbons (Fsp3) is 0.321. The maximum absolute atomic E-state index is 12.0. The van der Waals surface area contributed by atoms with Crippen molar-refractivity contribution in [1.29, 1.82) is 0 Å². The molecule has 0 heterocycles. The lowest BCUT2D eigenvalue weighted by Crippen LogP contribution is -2.66. The zero-order valence-electron chi connectivity index (χ0n) is 19.6. The SMILES string of the molecule is CC(C=O)(CCCO[Si](c1ccccc1)(c1ccccc1)C(C)(C)C)Sc1ccccc1. The minimum atomic E-state index is -2.53. The van der Waals surface area contributed by atoms with Gasteiger partial charge in [-0.2, -0.15) is 0 Å². The van der Waals surface area contributed by atoms with Crippen LogP contribution in [0.25, 0.3) is 0 Å². The normalized spacial score (nSPS) is 14.0. The van der Waals surface area contributed by atoms with Crippen molar-refractivity contribution in [3.63, 3.8) is 0 Å². The highest BCUT2D eigenvalue weighted by Crippen LogP contribution is 2.38. The molecule has 1 unspecified atom stereocenters. The highest BCUT2D eigenvalue weighted by atomic mass is 32.2. The molecule has 0 aliphatic heterocycles. The Kier molecular flexibility index (Phi) is 8.15. The van der Waals surface area contributed by atoms with Gasteiger partial charge in [0, 0.05) is 11.5 Å². The molecule has 1 atom stereocenters. The zero-order chi connectivity index (χ0) is 23.1. The van der Waals surface area contributed by atoms with Crippen molar-refractivity contribution in [2.24, 2.45) is 0 Å². The van der Waals surface area contributed by atoms with E-state index in [-0.39, 0.29) is 5.04 Å². The van der Waals surface area contributed by atoms with Crippen LogP contribution in [-0.2, 0) is 9.22 Å². The molecule has 4 heteroatoms. The maximum Gasteiger partial charge on any atom is 0.261 e. The number of aldehydes is 1. The Labute approximate surface area is 198 Å². The molecule has 0 radical (unpaired) electrons. The van der Waals surface area contributed by atoms with Gasteiger partial charge in [-0.1, -0.05) is 99.6 Å². The topological polar surface area (TPSA) is 26.3 Å². The first-order chi connectivity index (χ1) is 15.3. The van der Waals surface area contributed by atoms with Crippen molar-refractivity contribution in [2.45, 2.75) is 55.2 Å². The summed E-state index contributed by atoms with van der Waals surface area (Å²) in [7, 11) is -2.53. The predicted octanol–water partition coefficient (Wildman–Crippen LogP) is 6.09. The fourth-order valence-corrected chi connectivity index (χ4v) is 10.0. The van der Waals surface area contributed by atoms with Crippen LogP contribution in [0.2, 0.25) is 5.04 Å². The smallest absolute Gasteiger partial charge is 0.261 e. The molecule has 0 bridgehead atoms. The van der Waals surface area contributed by atoms with E-state index in [0.717, 1.165) is 24.0 Å². The molecule has 0 saturated heterocycles. The van der Waals surface area contributed by atoms with Crippen LogP contribution in [0.1, 0.15) is 40.5 Å². The second kappa shape index (κ2) is 10.6. The lowest BCUT2D eigenvalue weighted by atomic mass is 10.1. The molecule has 0 aliphatic carbocycles. The van der Waals surface area contributed by atoms with Crippen molar-refractivity contribution in [2.75, 3.05) is 6.61 Å². The van der Waals surface area contributed by atoms with E-state index < -0.39 is 13.1 Å². The largest absolute Gasteiger partial charge is 0.407 e. The average molecular weight is 463 g/mol. The highest BCUT2D eigenvalue weighted by molar-refractivity contribution is 8.01. The number of hydrogen-bond donors (Lipinski definition) is 0. The number of carbonyl (C=O) groups excluding carboxylic acids is 1. The molecular weight excluding hydrogens is 428 g/mol. The average Bonchev–Trinajstić information content (AvgIpc) is 2.80. The van der Waals surface area contributed by atoms with Crippen LogP contribution < -0.4 is 10.4 Å². The van der Waals surface area contributed by atoms with Gasteiger partial charge in [-0.3, -0.25) is 0 Å². The van der Waals surface area contributed by atoms with E-state index in [1.165, 1.54) is 10.4 Å². The molecule has 0 amide bonds. The Morgan fingerprint density at radius 2 is 1.25 bits per heavy atom. The van der Waals surface area contributed by atoms with E-state index in [0.29, 0.717) is 6.61 Å². The molecule has 0 aromatic heterocycles. The van der Waals surface area contributed by atoms with Gasteiger partial charge in [-0.15, -0.1) is 11.8 Å². The standard InChI is InChI=1S/C28H34O2SSi/c1-27(2,3)32(25-17-10-6-11-18-25,26-19-12-7-13-20-26)30-22-14-21-28(4,23-29)31-24-15-8-5-9-16-24/h5-13,15-20,23H,14,21-22H2,1-4H3. The molecule has 3 aromatic rings. The van der Waals surface area contributed by atoms with Gasteiger partial charge >= 0.3 is 0 Å². The summed E-state index contributed by atoms with van der Waals surface area (Å²) in [5.74, 6) is 0. The van der Waals surface area contributed by atoms with Gasteiger partial charge < -0.3 is 9.22 Å². The number of carbonyl (C=O) groups is 1. The van der Waals surface area contributed by atoms with Gasteiger partial charge in [0.1, 0.15) is 6.29 Å². The van der Waals surface area contributed by atoms with Crippen LogP contribution in [0.4, 0.5) is 0 Å². The van der Waals surface area contributed by atoms with Gasteiger partial charge in [0.25, 0.3) is 8.32 Å². The second-order valence-corrected chi connectivity index (χ2v) is 15.4. The van der Waals surface area contributed by atoms with Gasteiger partial charge in [0.2, 0.25) is 0 Å². The van der Waals surface area contributed by atoms with Gasteiger partial charge in [0.05, 0.1) is 4.75 Å². The van der Waals surface area contributed by atoms with Crippen LogP contribution in [0, 0.1) is 0 Å².